The zero-order valence-corrected chi connectivity index (χ0v) is 20.2. The van der Waals surface area contributed by atoms with Crippen LogP contribution in [0.2, 0.25) is 0 Å². The van der Waals surface area contributed by atoms with Gasteiger partial charge in [0.15, 0.2) is 6.17 Å². The van der Waals surface area contributed by atoms with Gasteiger partial charge in [-0.1, -0.05) is 42.0 Å². The summed E-state index contributed by atoms with van der Waals surface area (Å²) in [6, 6.07) is 16.3. The van der Waals surface area contributed by atoms with Crippen molar-refractivity contribution in [3.05, 3.63) is 101 Å². The van der Waals surface area contributed by atoms with Crippen LogP contribution in [-0.2, 0) is 17.9 Å². The number of anilines is 1. The fourth-order valence-electron chi connectivity index (χ4n) is 4.16. The molecule has 0 saturated carbocycles. The number of benzene rings is 3. The van der Waals surface area contributed by atoms with Crippen molar-refractivity contribution in [2.45, 2.75) is 26.2 Å². The van der Waals surface area contributed by atoms with Crippen molar-refractivity contribution in [3.63, 3.8) is 0 Å². The molecular formula is C27H27F2N5O3. The van der Waals surface area contributed by atoms with Crippen LogP contribution in [0.15, 0.2) is 66.7 Å². The van der Waals surface area contributed by atoms with Crippen LogP contribution in [0.4, 0.5) is 19.3 Å². The summed E-state index contributed by atoms with van der Waals surface area (Å²) in [4.78, 5) is 42.1. The summed E-state index contributed by atoms with van der Waals surface area (Å²) in [6.07, 6.45) is -1.33. The summed E-state index contributed by atoms with van der Waals surface area (Å²) in [5, 5.41) is 5.50. The van der Waals surface area contributed by atoms with Gasteiger partial charge in [-0.3, -0.25) is 14.5 Å². The molecule has 0 radical (unpaired) electrons. The van der Waals surface area contributed by atoms with Gasteiger partial charge in [0.05, 0.1) is 0 Å². The average Bonchev–Trinajstić information content (AvgIpc) is 3.33. The molecule has 37 heavy (non-hydrogen) atoms. The van der Waals surface area contributed by atoms with E-state index in [1.165, 1.54) is 4.90 Å². The number of urea groups is 1. The molecule has 1 atom stereocenters. The maximum Gasteiger partial charge on any atom is 0.323 e. The normalized spacial score (nSPS) is 15.0. The second-order valence-electron chi connectivity index (χ2n) is 8.76. The van der Waals surface area contributed by atoms with Crippen molar-refractivity contribution in [3.8, 4) is 0 Å². The van der Waals surface area contributed by atoms with E-state index < -0.39 is 35.6 Å². The molecule has 0 bridgehead atoms. The molecule has 0 spiro atoms. The van der Waals surface area contributed by atoms with Crippen molar-refractivity contribution in [1.82, 2.24) is 15.1 Å². The third kappa shape index (κ3) is 6.10. The highest BCUT2D eigenvalue weighted by Crippen LogP contribution is 2.22. The van der Waals surface area contributed by atoms with Gasteiger partial charge in [-0.15, -0.1) is 0 Å². The summed E-state index contributed by atoms with van der Waals surface area (Å²) in [5.74, 6) is -3.22. The van der Waals surface area contributed by atoms with Gasteiger partial charge in [-0.25, -0.2) is 13.6 Å². The first-order valence-corrected chi connectivity index (χ1v) is 11.7. The summed E-state index contributed by atoms with van der Waals surface area (Å²) in [6.45, 7) is 2.42. The fraction of sp³-hybridized carbons (Fsp3) is 0.222. The quantitative estimate of drug-likeness (QED) is 0.476. The van der Waals surface area contributed by atoms with Gasteiger partial charge in [-0.2, -0.15) is 0 Å². The van der Waals surface area contributed by atoms with Crippen LogP contribution in [0.1, 0.15) is 27.0 Å². The number of aryl methyl sites for hydroxylation is 1. The number of halogens is 2. The Morgan fingerprint density at radius 1 is 0.919 bits per heavy atom. The van der Waals surface area contributed by atoms with E-state index in [1.807, 2.05) is 43.3 Å². The van der Waals surface area contributed by atoms with Gasteiger partial charge < -0.3 is 21.3 Å². The molecule has 1 saturated heterocycles. The van der Waals surface area contributed by atoms with Crippen LogP contribution in [0, 0.1) is 18.6 Å². The Balaban J connectivity index is 1.58. The van der Waals surface area contributed by atoms with E-state index in [0.29, 0.717) is 18.3 Å². The molecule has 1 unspecified atom stereocenters. The lowest BCUT2D eigenvalue weighted by Gasteiger charge is -2.29. The third-order valence-electron chi connectivity index (χ3n) is 6.03. The molecule has 0 aliphatic carbocycles. The van der Waals surface area contributed by atoms with E-state index >= 15 is 0 Å². The monoisotopic (exact) mass is 507 g/mol. The standard InChI is InChI=1S/C27H27F2N5O3/c1-17-5-7-23(8-6-17)32-27(37)34-10-9-33(26(36)20-12-21(28)14-22(29)13-20)25(34)24(35)31-16-19-4-2-3-18(11-19)15-30/h2-8,11-14,25H,9-10,15-16,30H2,1H3,(H,31,35)(H,32,37). The molecule has 0 aromatic heterocycles. The Morgan fingerprint density at radius 3 is 2.24 bits per heavy atom. The van der Waals surface area contributed by atoms with Gasteiger partial charge >= 0.3 is 6.03 Å². The van der Waals surface area contributed by atoms with E-state index in [1.54, 1.807) is 12.1 Å². The fourth-order valence-corrected chi connectivity index (χ4v) is 4.16. The molecule has 4 N–H and O–H groups in total. The highest BCUT2D eigenvalue weighted by molar-refractivity contribution is 6.00. The molecular weight excluding hydrogens is 480 g/mol. The van der Waals surface area contributed by atoms with Crippen molar-refractivity contribution < 1.29 is 23.2 Å². The topological polar surface area (TPSA) is 108 Å². The number of carbonyl (C=O) groups is 3. The number of rotatable bonds is 6. The first kappa shape index (κ1) is 25.8. The number of nitrogens with one attached hydrogen (secondary N) is 2. The second kappa shape index (κ2) is 11.2. The lowest BCUT2D eigenvalue weighted by Crippen LogP contribution is -2.54. The number of nitrogens with two attached hydrogens (primary N) is 1. The highest BCUT2D eigenvalue weighted by Gasteiger charge is 2.43. The van der Waals surface area contributed by atoms with Gasteiger partial charge in [0.25, 0.3) is 11.8 Å². The largest absolute Gasteiger partial charge is 0.349 e. The molecule has 10 heteroatoms. The van der Waals surface area contributed by atoms with Gasteiger partial charge in [-0.05, 0) is 42.3 Å². The molecule has 4 amide bonds. The molecule has 192 valence electrons. The minimum atomic E-state index is -1.33. The predicted molar refractivity (Wildman–Crippen MR) is 134 cm³/mol. The Labute approximate surface area is 213 Å². The molecule has 1 heterocycles. The van der Waals surface area contributed by atoms with E-state index in [2.05, 4.69) is 10.6 Å². The Bertz CT molecular complexity index is 1300. The number of amides is 4. The van der Waals surface area contributed by atoms with Crippen molar-refractivity contribution >= 4 is 23.5 Å². The van der Waals surface area contributed by atoms with Crippen molar-refractivity contribution in [2.24, 2.45) is 5.73 Å². The van der Waals surface area contributed by atoms with Gasteiger partial charge in [0, 0.05) is 43.5 Å². The Hall–Kier alpha value is -4.31. The van der Waals surface area contributed by atoms with E-state index in [4.69, 9.17) is 5.73 Å². The van der Waals surface area contributed by atoms with Crippen LogP contribution in [-0.4, -0.2) is 46.9 Å². The van der Waals surface area contributed by atoms with E-state index in [-0.39, 0.29) is 25.2 Å². The molecule has 1 aliphatic heterocycles. The first-order chi connectivity index (χ1) is 17.7. The predicted octanol–water partition coefficient (Wildman–Crippen LogP) is 3.36. The lowest BCUT2D eigenvalue weighted by molar-refractivity contribution is -0.128. The maximum absolute atomic E-state index is 13.8. The summed E-state index contributed by atoms with van der Waals surface area (Å²) < 4.78 is 27.6. The number of carbonyl (C=O) groups excluding carboxylic acids is 3. The lowest BCUT2D eigenvalue weighted by atomic mass is 10.1. The van der Waals surface area contributed by atoms with Crippen molar-refractivity contribution in [2.75, 3.05) is 18.4 Å². The smallest absolute Gasteiger partial charge is 0.323 e. The highest BCUT2D eigenvalue weighted by atomic mass is 19.1. The maximum atomic E-state index is 13.8. The molecule has 1 fully saturated rings. The number of nitrogens with zero attached hydrogens (tertiary/aromatic N) is 2. The zero-order chi connectivity index (χ0) is 26.5. The molecule has 4 rings (SSSR count). The first-order valence-electron chi connectivity index (χ1n) is 11.7. The molecule has 8 nitrogen and oxygen atoms in total. The SMILES string of the molecule is Cc1ccc(NC(=O)N2CCN(C(=O)c3cc(F)cc(F)c3)C2C(=O)NCc2cccc(CN)c2)cc1. The Morgan fingerprint density at radius 2 is 1.57 bits per heavy atom. The van der Waals surface area contributed by atoms with Gasteiger partial charge in [0.1, 0.15) is 11.6 Å². The van der Waals surface area contributed by atoms with Crippen LogP contribution >= 0.6 is 0 Å². The minimum absolute atomic E-state index is 0.000963. The summed E-state index contributed by atoms with van der Waals surface area (Å²) in [5.41, 5.74) is 8.63. The van der Waals surface area contributed by atoms with Crippen molar-refractivity contribution in [1.29, 1.82) is 0 Å². The average molecular weight is 508 g/mol. The molecule has 3 aromatic carbocycles. The third-order valence-corrected chi connectivity index (χ3v) is 6.03. The van der Waals surface area contributed by atoms with Gasteiger partial charge in [0.2, 0.25) is 0 Å². The summed E-state index contributed by atoms with van der Waals surface area (Å²) in [7, 11) is 0. The van der Waals surface area contributed by atoms with Crippen LogP contribution < -0.4 is 16.4 Å². The number of hydrogen-bond acceptors (Lipinski definition) is 4. The molecule has 3 aromatic rings. The van der Waals surface area contributed by atoms with E-state index in [9.17, 15) is 23.2 Å². The minimum Gasteiger partial charge on any atom is -0.349 e. The zero-order valence-electron chi connectivity index (χ0n) is 20.2. The summed E-state index contributed by atoms with van der Waals surface area (Å²) >= 11 is 0. The van der Waals surface area contributed by atoms with Crippen LogP contribution in [0.3, 0.4) is 0 Å². The molecule has 1 aliphatic rings. The Kier molecular flexibility index (Phi) is 7.78. The number of hydrogen-bond donors (Lipinski definition) is 3. The second-order valence-corrected chi connectivity index (χ2v) is 8.76. The van der Waals surface area contributed by atoms with Crippen LogP contribution in [0.25, 0.3) is 0 Å². The van der Waals surface area contributed by atoms with E-state index in [0.717, 1.165) is 33.7 Å². The van der Waals surface area contributed by atoms with Crippen LogP contribution in [0.5, 0.6) is 0 Å².